The van der Waals surface area contributed by atoms with E-state index in [1.165, 1.54) is 0 Å². The fraction of sp³-hybridized carbons (Fsp3) is 0.667. The highest BCUT2D eigenvalue weighted by Crippen LogP contribution is 2.34. The molecule has 1 unspecified atom stereocenters. The number of nitrogens with zero attached hydrogens (tertiary/aromatic N) is 2. The van der Waals surface area contributed by atoms with E-state index in [-0.39, 0.29) is 28.7 Å². The molecule has 0 radical (unpaired) electrons. The maximum Gasteiger partial charge on any atom is 0.191 e. The first kappa shape index (κ1) is 24.9. The highest BCUT2D eigenvalue weighted by atomic mass is 127. The Bertz CT molecular complexity index is 652. The van der Waals surface area contributed by atoms with E-state index >= 15 is 0 Å². The van der Waals surface area contributed by atoms with Crippen LogP contribution in [-0.2, 0) is 4.74 Å². The third-order valence-electron chi connectivity index (χ3n) is 5.61. The van der Waals surface area contributed by atoms with Crippen LogP contribution in [0, 0.1) is 0 Å². The van der Waals surface area contributed by atoms with Crippen molar-refractivity contribution in [3.63, 3.8) is 0 Å². The third kappa shape index (κ3) is 7.08. The second kappa shape index (κ2) is 12.5. The summed E-state index contributed by atoms with van der Waals surface area (Å²) in [6, 6.07) is 8.47. The van der Waals surface area contributed by atoms with Crippen molar-refractivity contribution in [3.8, 4) is 0 Å². The Kier molecular flexibility index (Phi) is 10.7. The summed E-state index contributed by atoms with van der Waals surface area (Å²) in [6.07, 6.45) is 4.48. The highest BCUT2D eigenvalue weighted by Gasteiger charge is 2.33. The summed E-state index contributed by atoms with van der Waals surface area (Å²) in [7, 11) is 1.85. The van der Waals surface area contributed by atoms with Crippen molar-refractivity contribution in [2.24, 2.45) is 4.99 Å². The lowest BCUT2D eigenvalue weighted by Gasteiger charge is -2.38. The minimum absolute atomic E-state index is 0. The van der Waals surface area contributed by atoms with Crippen LogP contribution in [0.15, 0.2) is 29.3 Å². The van der Waals surface area contributed by atoms with Crippen molar-refractivity contribution in [1.29, 1.82) is 0 Å². The Labute approximate surface area is 201 Å². The second-order valence-corrected chi connectivity index (χ2v) is 9.67. The van der Waals surface area contributed by atoms with Gasteiger partial charge in [0.25, 0.3) is 0 Å². The molecule has 8 heteroatoms. The second-order valence-electron chi connectivity index (χ2n) is 7.54. The van der Waals surface area contributed by atoms with Crippen LogP contribution in [0.1, 0.15) is 32.6 Å². The Morgan fingerprint density at radius 3 is 2.79 bits per heavy atom. The zero-order valence-corrected chi connectivity index (χ0v) is 21.4. The number of halogens is 2. The monoisotopic (exact) mass is 552 g/mol. The van der Waals surface area contributed by atoms with E-state index in [2.05, 4.69) is 39.6 Å². The molecule has 1 atom stereocenters. The van der Waals surface area contributed by atoms with E-state index in [9.17, 15) is 0 Å². The number of anilines is 1. The maximum atomic E-state index is 6.41. The Hall–Kier alpha value is -0.380. The smallest absolute Gasteiger partial charge is 0.191 e. The molecule has 2 heterocycles. The predicted molar refractivity (Wildman–Crippen MR) is 138 cm³/mol. The van der Waals surface area contributed by atoms with E-state index in [1.54, 1.807) is 0 Å². The van der Waals surface area contributed by atoms with Gasteiger partial charge in [0.05, 0.1) is 10.7 Å². The minimum atomic E-state index is 0. The molecule has 164 valence electrons. The van der Waals surface area contributed by atoms with E-state index in [4.69, 9.17) is 16.3 Å². The van der Waals surface area contributed by atoms with Crippen LogP contribution in [0.25, 0.3) is 0 Å². The molecule has 1 aromatic rings. The van der Waals surface area contributed by atoms with Gasteiger partial charge in [-0.2, -0.15) is 11.8 Å². The highest BCUT2D eigenvalue weighted by molar-refractivity contribution is 14.0. The molecule has 0 saturated carbocycles. The molecule has 0 aliphatic carbocycles. The van der Waals surface area contributed by atoms with Gasteiger partial charge >= 0.3 is 0 Å². The fourth-order valence-corrected chi connectivity index (χ4v) is 5.57. The number of ether oxygens (including phenoxy) is 1. The first-order valence-electron chi connectivity index (χ1n) is 10.3. The number of thioether (sulfide) groups is 1. The summed E-state index contributed by atoms with van der Waals surface area (Å²) in [5, 5.41) is 8.06. The Morgan fingerprint density at radius 2 is 2.10 bits per heavy atom. The van der Waals surface area contributed by atoms with Crippen molar-refractivity contribution in [3.05, 3.63) is 29.3 Å². The summed E-state index contributed by atoms with van der Waals surface area (Å²) in [4.78, 5) is 6.86. The Balaban J connectivity index is 0.00000300. The normalized spacial score (nSPS) is 22.0. The molecule has 0 bridgehead atoms. The standard InChI is InChI=1S/C21H33ClN4OS.HI/c1-3-28-21(10-13-27-14-11-21)16-24-20(23-2)25-17-7-6-12-26(15-17)19-9-5-4-8-18(19)22;/h4-5,8-9,17H,3,6-7,10-16H2,1-2H3,(H2,23,24,25);1H. The molecule has 0 aromatic heterocycles. The van der Waals surface area contributed by atoms with E-state index < -0.39 is 0 Å². The van der Waals surface area contributed by atoms with Gasteiger partial charge in [0.1, 0.15) is 0 Å². The molecule has 2 N–H and O–H groups in total. The largest absolute Gasteiger partial charge is 0.381 e. The topological polar surface area (TPSA) is 48.9 Å². The van der Waals surface area contributed by atoms with Crippen LogP contribution in [0.2, 0.25) is 5.02 Å². The molecule has 2 aliphatic heterocycles. The van der Waals surface area contributed by atoms with Crippen LogP contribution >= 0.6 is 47.3 Å². The van der Waals surface area contributed by atoms with Crippen LogP contribution in [0.4, 0.5) is 5.69 Å². The summed E-state index contributed by atoms with van der Waals surface area (Å²) in [5.41, 5.74) is 1.12. The van der Waals surface area contributed by atoms with Crippen LogP contribution in [0.3, 0.4) is 0 Å². The van der Waals surface area contributed by atoms with Gasteiger partial charge in [0, 0.05) is 50.7 Å². The van der Waals surface area contributed by atoms with Gasteiger partial charge < -0.3 is 20.3 Å². The molecule has 3 rings (SSSR count). The van der Waals surface area contributed by atoms with Crippen LogP contribution in [-0.4, -0.2) is 62.4 Å². The third-order valence-corrected chi connectivity index (χ3v) is 7.38. The molecule has 2 fully saturated rings. The minimum Gasteiger partial charge on any atom is -0.381 e. The van der Waals surface area contributed by atoms with Crippen molar-refractivity contribution < 1.29 is 4.74 Å². The number of nitrogens with one attached hydrogen (secondary N) is 2. The van der Waals surface area contributed by atoms with Crippen molar-refractivity contribution in [2.45, 2.75) is 43.4 Å². The number of hydrogen-bond donors (Lipinski definition) is 2. The van der Waals surface area contributed by atoms with E-state index in [1.807, 2.05) is 30.9 Å². The number of hydrogen-bond acceptors (Lipinski definition) is 4. The molecule has 0 spiro atoms. The number of benzene rings is 1. The molecule has 29 heavy (non-hydrogen) atoms. The first-order chi connectivity index (χ1) is 13.7. The Morgan fingerprint density at radius 1 is 1.34 bits per heavy atom. The van der Waals surface area contributed by atoms with Crippen molar-refractivity contribution >= 4 is 59.0 Å². The number of para-hydroxylation sites is 1. The summed E-state index contributed by atoms with van der Waals surface area (Å²) >= 11 is 8.46. The van der Waals surface area contributed by atoms with Gasteiger partial charge in [-0.3, -0.25) is 4.99 Å². The van der Waals surface area contributed by atoms with Gasteiger partial charge in [-0.1, -0.05) is 30.7 Å². The maximum absolute atomic E-state index is 6.41. The van der Waals surface area contributed by atoms with Gasteiger partial charge in [-0.05, 0) is 43.6 Å². The lowest BCUT2D eigenvalue weighted by atomic mass is 9.99. The van der Waals surface area contributed by atoms with Crippen molar-refractivity contribution in [2.75, 3.05) is 50.5 Å². The molecule has 5 nitrogen and oxygen atoms in total. The van der Waals surface area contributed by atoms with Crippen molar-refractivity contribution in [1.82, 2.24) is 10.6 Å². The average Bonchev–Trinajstić information content (AvgIpc) is 2.72. The molecular weight excluding hydrogens is 519 g/mol. The molecule has 0 amide bonds. The average molecular weight is 553 g/mol. The van der Waals surface area contributed by atoms with Gasteiger partial charge in [-0.15, -0.1) is 24.0 Å². The SMILES string of the molecule is CCSC1(CNC(=NC)NC2CCCN(c3ccccc3Cl)C2)CCOCC1.I. The zero-order chi connectivity index (χ0) is 19.8. The summed E-state index contributed by atoms with van der Waals surface area (Å²) in [6.45, 7) is 6.86. The zero-order valence-electron chi connectivity index (χ0n) is 17.5. The number of piperidine rings is 1. The quantitative estimate of drug-likeness (QED) is 0.311. The van der Waals surface area contributed by atoms with Gasteiger partial charge in [0.15, 0.2) is 5.96 Å². The number of aliphatic imine (C=N–C) groups is 1. The van der Waals surface area contributed by atoms with Crippen LogP contribution in [0.5, 0.6) is 0 Å². The molecule has 1 aromatic carbocycles. The number of guanidine groups is 1. The number of rotatable bonds is 6. The lowest BCUT2D eigenvalue weighted by molar-refractivity contribution is 0.0782. The van der Waals surface area contributed by atoms with E-state index in [0.717, 1.165) is 81.0 Å². The summed E-state index contributed by atoms with van der Waals surface area (Å²) in [5.74, 6) is 2.02. The van der Waals surface area contributed by atoms with Gasteiger partial charge in [-0.25, -0.2) is 0 Å². The molecular formula is C21H34ClIN4OS. The lowest BCUT2D eigenvalue weighted by Crippen LogP contribution is -2.54. The fourth-order valence-electron chi connectivity index (χ4n) is 4.08. The molecule has 2 aliphatic rings. The summed E-state index contributed by atoms with van der Waals surface area (Å²) < 4.78 is 5.84. The van der Waals surface area contributed by atoms with Crippen LogP contribution < -0.4 is 15.5 Å². The first-order valence-corrected chi connectivity index (χ1v) is 11.7. The predicted octanol–water partition coefficient (Wildman–Crippen LogP) is 4.39. The van der Waals surface area contributed by atoms with Gasteiger partial charge in [0.2, 0.25) is 0 Å². The molecule has 2 saturated heterocycles. The van der Waals surface area contributed by atoms with E-state index in [0.29, 0.717) is 6.04 Å².